The summed E-state index contributed by atoms with van der Waals surface area (Å²) in [4.78, 5) is 26.6. The Balaban J connectivity index is 2.67. The van der Waals surface area contributed by atoms with Crippen LogP contribution in [-0.2, 0) is 7.05 Å². The van der Waals surface area contributed by atoms with Gasteiger partial charge in [-0.1, -0.05) is 0 Å². The van der Waals surface area contributed by atoms with Crippen LogP contribution in [-0.4, -0.2) is 35.6 Å². The van der Waals surface area contributed by atoms with Crippen molar-refractivity contribution >= 4 is 16.7 Å². The average molecular weight is 288 g/mol. The van der Waals surface area contributed by atoms with Crippen molar-refractivity contribution in [1.82, 2.24) is 9.47 Å². The van der Waals surface area contributed by atoms with Crippen LogP contribution in [0.3, 0.4) is 0 Å². The first-order valence-electron chi connectivity index (χ1n) is 7.00. The van der Waals surface area contributed by atoms with E-state index in [1.807, 2.05) is 13.8 Å². The Kier molecular flexibility index (Phi) is 4.31. The second-order valence-electron chi connectivity index (χ2n) is 4.82. The maximum Gasteiger partial charge on any atom is 0.270 e. The van der Waals surface area contributed by atoms with Gasteiger partial charge in [0, 0.05) is 25.5 Å². The molecule has 1 heterocycles. The Morgan fingerprint density at radius 1 is 1.24 bits per heavy atom. The summed E-state index contributed by atoms with van der Waals surface area (Å²) in [5, 5.41) is 1.29. The standard InChI is InChI=1S/C16H20N2O3/c1-5-18(6-2)16(20)14-10-11-9-12(21-4)7-8-13(11)15(19)17(14)3/h7-10H,5-6H2,1-4H3. The number of fused-ring (bicyclic) bond motifs is 1. The van der Waals surface area contributed by atoms with Gasteiger partial charge in [-0.2, -0.15) is 0 Å². The van der Waals surface area contributed by atoms with Gasteiger partial charge >= 0.3 is 0 Å². The minimum atomic E-state index is -0.175. The van der Waals surface area contributed by atoms with Gasteiger partial charge in [-0.25, -0.2) is 0 Å². The first-order chi connectivity index (χ1) is 10.0. The number of nitrogens with zero attached hydrogens (tertiary/aromatic N) is 2. The van der Waals surface area contributed by atoms with Crippen LogP contribution in [0, 0.1) is 0 Å². The van der Waals surface area contributed by atoms with Crippen molar-refractivity contribution in [2.75, 3.05) is 20.2 Å². The molecular formula is C16H20N2O3. The highest BCUT2D eigenvalue weighted by molar-refractivity contribution is 5.97. The van der Waals surface area contributed by atoms with Crippen LogP contribution in [0.2, 0.25) is 0 Å². The van der Waals surface area contributed by atoms with Crippen molar-refractivity contribution in [3.05, 3.63) is 40.3 Å². The Morgan fingerprint density at radius 3 is 2.48 bits per heavy atom. The highest BCUT2D eigenvalue weighted by Gasteiger charge is 2.17. The van der Waals surface area contributed by atoms with Gasteiger partial charge in [0.05, 0.1) is 7.11 Å². The lowest BCUT2D eigenvalue weighted by atomic mass is 10.1. The number of methoxy groups -OCH3 is 1. The highest BCUT2D eigenvalue weighted by Crippen LogP contribution is 2.19. The molecule has 0 bridgehead atoms. The van der Waals surface area contributed by atoms with Gasteiger partial charge in [0.1, 0.15) is 11.4 Å². The summed E-state index contributed by atoms with van der Waals surface area (Å²) in [6, 6.07) is 6.99. The fraction of sp³-hybridized carbons (Fsp3) is 0.375. The number of carbonyl (C=O) groups excluding carboxylic acids is 1. The van der Waals surface area contributed by atoms with Crippen LogP contribution in [0.4, 0.5) is 0 Å². The smallest absolute Gasteiger partial charge is 0.270 e. The molecule has 1 aromatic heterocycles. The summed E-state index contributed by atoms with van der Waals surface area (Å²) < 4.78 is 6.59. The number of pyridine rings is 1. The molecule has 0 unspecified atom stereocenters. The van der Waals surface area contributed by atoms with E-state index in [0.29, 0.717) is 35.3 Å². The van der Waals surface area contributed by atoms with Crippen LogP contribution in [0.1, 0.15) is 24.3 Å². The highest BCUT2D eigenvalue weighted by atomic mass is 16.5. The summed E-state index contributed by atoms with van der Waals surface area (Å²) in [6.45, 7) is 5.06. The molecule has 0 saturated carbocycles. The van der Waals surface area contributed by atoms with E-state index in [4.69, 9.17) is 4.74 Å². The van der Waals surface area contributed by atoms with Gasteiger partial charge in [0.2, 0.25) is 0 Å². The minimum Gasteiger partial charge on any atom is -0.497 e. The van der Waals surface area contributed by atoms with E-state index in [1.165, 1.54) is 4.57 Å². The molecule has 5 heteroatoms. The summed E-state index contributed by atoms with van der Waals surface area (Å²) >= 11 is 0. The lowest BCUT2D eigenvalue weighted by Gasteiger charge is -2.20. The van der Waals surface area contributed by atoms with E-state index in [9.17, 15) is 9.59 Å². The van der Waals surface area contributed by atoms with Crippen molar-refractivity contribution in [3.8, 4) is 5.75 Å². The largest absolute Gasteiger partial charge is 0.497 e. The lowest BCUT2D eigenvalue weighted by Crippen LogP contribution is -2.35. The molecule has 0 aliphatic heterocycles. The summed E-state index contributed by atoms with van der Waals surface area (Å²) in [5.74, 6) is 0.529. The van der Waals surface area contributed by atoms with E-state index >= 15 is 0 Å². The topological polar surface area (TPSA) is 51.5 Å². The number of ether oxygens (including phenoxy) is 1. The van der Waals surface area contributed by atoms with Gasteiger partial charge in [-0.3, -0.25) is 9.59 Å². The maximum atomic E-state index is 12.5. The molecule has 2 aromatic rings. The first kappa shape index (κ1) is 15.1. The molecular weight excluding hydrogens is 268 g/mol. The van der Waals surface area contributed by atoms with Crippen molar-refractivity contribution in [2.24, 2.45) is 7.05 Å². The summed E-state index contributed by atoms with van der Waals surface area (Å²) in [7, 11) is 3.20. The fourth-order valence-corrected chi connectivity index (χ4v) is 2.39. The summed E-state index contributed by atoms with van der Waals surface area (Å²) in [6.07, 6.45) is 0. The Bertz CT molecular complexity index is 730. The Labute approximate surface area is 123 Å². The molecule has 112 valence electrons. The number of rotatable bonds is 4. The minimum absolute atomic E-state index is 0.135. The first-order valence-corrected chi connectivity index (χ1v) is 7.00. The quantitative estimate of drug-likeness (QED) is 0.865. The van der Waals surface area contributed by atoms with Gasteiger partial charge in [0.15, 0.2) is 0 Å². The number of benzene rings is 1. The van der Waals surface area contributed by atoms with Crippen molar-refractivity contribution < 1.29 is 9.53 Å². The molecule has 0 radical (unpaired) electrons. The van der Waals surface area contributed by atoms with Crippen LogP contribution in [0.15, 0.2) is 29.1 Å². The molecule has 5 nitrogen and oxygen atoms in total. The third kappa shape index (κ3) is 2.63. The molecule has 0 spiro atoms. The SMILES string of the molecule is CCN(CC)C(=O)c1cc2cc(OC)ccc2c(=O)n1C. The Morgan fingerprint density at radius 2 is 1.90 bits per heavy atom. The molecule has 0 fully saturated rings. The lowest BCUT2D eigenvalue weighted by molar-refractivity contribution is 0.0762. The molecule has 0 aliphatic carbocycles. The molecule has 0 saturated heterocycles. The van der Waals surface area contributed by atoms with E-state index < -0.39 is 0 Å². The van der Waals surface area contributed by atoms with Gasteiger partial charge in [-0.15, -0.1) is 0 Å². The van der Waals surface area contributed by atoms with E-state index in [1.54, 1.807) is 43.3 Å². The second-order valence-corrected chi connectivity index (χ2v) is 4.82. The number of carbonyl (C=O) groups is 1. The fourth-order valence-electron chi connectivity index (χ4n) is 2.39. The Hall–Kier alpha value is -2.30. The van der Waals surface area contributed by atoms with Gasteiger partial charge in [-0.05, 0) is 43.5 Å². The van der Waals surface area contributed by atoms with Crippen LogP contribution in [0.25, 0.3) is 10.8 Å². The average Bonchev–Trinajstić information content (AvgIpc) is 2.51. The van der Waals surface area contributed by atoms with Crippen molar-refractivity contribution in [1.29, 1.82) is 0 Å². The van der Waals surface area contributed by atoms with E-state index in [-0.39, 0.29) is 11.5 Å². The number of aromatic nitrogens is 1. The third-order valence-corrected chi connectivity index (χ3v) is 3.72. The molecule has 0 N–H and O–H groups in total. The van der Waals surface area contributed by atoms with Gasteiger partial charge < -0.3 is 14.2 Å². The van der Waals surface area contributed by atoms with Crippen molar-refractivity contribution in [3.63, 3.8) is 0 Å². The predicted octanol–water partition coefficient (Wildman–Crippen LogP) is 2.03. The molecule has 21 heavy (non-hydrogen) atoms. The van der Waals surface area contributed by atoms with Crippen molar-refractivity contribution in [2.45, 2.75) is 13.8 Å². The zero-order valence-corrected chi connectivity index (χ0v) is 12.8. The zero-order chi connectivity index (χ0) is 15.6. The van der Waals surface area contributed by atoms with Crippen LogP contribution >= 0.6 is 0 Å². The monoisotopic (exact) mass is 288 g/mol. The third-order valence-electron chi connectivity index (χ3n) is 3.72. The van der Waals surface area contributed by atoms with Crippen LogP contribution in [0.5, 0.6) is 5.75 Å². The number of amides is 1. The predicted molar refractivity (Wildman–Crippen MR) is 83.0 cm³/mol. The molecule has 0 aliphatic rings. The summed E-state index contributed by atoms with van der Waals surface area (Å²) in [5.41, 5.74) is 0.218. The maximum absolute atomic E-state index is 12.5. The zero-order valence-electron chi connectivity index (χ0n) is 12.8. The van der Waals surface area contributed by atoms with Gasteiger partial charge in [0.25, 0.3) is 11.5 Å². The second kappa shape index (κ2) is 5.99. The normalized spacial score (nSPS) is 10.7. The molecule has 2 rings (SSSR count). The molecule has 1 amide bonds. The number of hydrogen-bond acceptors (Lipinski definition) is 3. The van der Waals surface area contributed by atoms with E-state index in [2.05, 4.69) is 0 Å². The number of hydrogen-bond donors (Lipinski definition) is 0. The van der Waals surface area contributed by atoms with Crippen LogP contribution < -0.4 is 10.3 Å². The molecule has 1 aromatic carbocycles. The van der Waals surface area contributed by atoms with E-state index in [0.717, 1.165) is 0 Å². The molecule has 0 atom stereocenters.